The number of isocyanates is 1. The van der Waals surface area contributed by atoms with Gasteiger partial charge in [-0.25, -0.2) is 9.59 Å². The van der Waals surface area contributed by atoms with Crippen LogP contribution in [-0.4, -0.2) is 17.8 Å². The molecule has 0 saturated heterocycles. The van der Waals surface area contributed by atoms with Crippen molar-refractivity contribution in [1.29, 1.82) is 0 Å². The maximum absolute atomic E-state index is 11.6. The van der Waals surface area contributed by atoms with Gasteiger partial charge in [-0.15, -0.1) is 0 Å². The number of nitrogens with zero attached hydrogens (tertiary/aromatic N) is 1. The first-order valence-corrected chi connectivity index (χ1v) is 5.98. The van der Waals surface area contributed by atoms with E-state index in [9.17, 15) is 9.59 Å². The molecule has 1 aromatic carbocycles. The standard InChI is InChI=1S/C12H13BrN2O3/c1-12(2,3)18-11(17)15-10-6-8(13)4-5-9(10)14-7-16/h4-6H,1-3H3,(H,15,17). The van der Waals surface area contributed by atoms with E-state index >= 15 is 0 Å². The lowest BCUT2D eigenvalue weighted by Crippen LogP contribution is -2.27. The highest BCUT2D eigenvalue weighted by Gasteiger charge is 2.17. The SMILES string of the molecule is CC(C)(C)OC(=O)Nc1cc(Br)ccc1N=C=O. The summed E-state index contributed by atoms with van der Waals surface area (Å²) in [5.41, 5.74) is 0.102. The van der Waals surface area contributed by atoms with Crippen LogP contribution in [0.25, 0.3) is 0 Å². The second-order valence-corrected chi connectivity index (χ2v) is 5.41. The van der Waals surface area contributed by atoms with Crippen LogP contribution in [0.2, 0.25) is 0 Å². The summed E-state index contributed by atoms with van der Waals surface area (Å²) in [7, 11) is 0. The van der Waals surface area contributed by atoms with Gasteiger partial charge >= 0.3 is 6.09 Å². The summed E-state index contributed by atoms with van der Waals surface area (Å²) in [4.78, 5) is 25.4. The van der Waals surface area contributed by atoms with Crippen LogP contribution in [0, 0.1) is 0 Å². The average molecular weight is 313 g/mol. The molecule has 5 nitrogen and oxygen atoms in total. The maximum atomic E-state index is 11.6. The number of carbonyl (C=O) groups excluding carboxylic acids is 2. The first-order chi connectivity index (χ1) is 8.31. The number of anilines is 1. The van der Waals surface area contributed by atoms with E-state index in [1.54, 1.807) is 39.0 Å². The fourth-order valence-electron chi connectivity index (χ4n) is 1.17. The van der Waals surface area contributed by atoms with Crippen LogP contribution in [0.1, 0.15) is 20.8 Å². The normalized spacial score (nSPS) is 10.4. The number of amides is 1. The monoisotopic (exact) mass is 312 g/mol. The summed E-state index contributed by atoms with van der Waals surface area (Å²) in [5, 5.41) is 2.53. The van der Waals surface area contributed by atoms with Gasteiger partial charge in [-0.3, -0.25) is 5.32 Å². The first kappa shape index (κ1) is 14.4. The molecule has 0 atom stereocenters. The second-order valence-electron chi connectivity index (χ2n) is 4.49. The van der Waals surface area contributed by atoms with Gasteiger partial charge in [0.25, 0.3) is 0 Å². The molecular weight excluding hydrogens is 300 g/mol. The lowest BCUT2D eigenvalue weighted by molar-refractivity contribution is 0.0636. The van der Waals surface area contributed by atoms with Crippen molar-refractivity contribution in [3.63, 3.8) is 0 Å². The van der Waals surface area contributed by atoms with Gasteiger partial charge in [0.15, 0.2) is 0 Å². The number of carbonyl (C=O) groups is 1. The topological polar surface area (TPSA) is 67.8 Å². The van der Waals surface area contributed by atoms with Crippen molar-refractivity contribution in [1.82, 2.24) is 0 Å². The molecule has 0 fully saturated rings. The minimum atomic E-state index is -0.608. The number of nitrogens with one attached hydrogen (secondary N) is 1. The molecular formula is C12H13BrN2O3. The molecule has 0 radical (unpaired) electrons. The Morgan fingerprint density at radius 2 is 2.11 bits per heavy atom. The quantitative estimate of drug-likeness (QED) is 0.667. The molecule has 1 N–H and O–H groups in total. The summed E-state index contributed by atoms with van der Waals surface area (Å²) in [5.74, 6) is 0. The van der Waals surface area contributed by atoms with E-state index in [2.05, 4.69) is 26.2 Å². The summed E-state index contributed by atoms with van der Waals surface area (Å²) in [6.07, 6.45) is 0.825. The van der Waals surface area contributed by atoms with Gasteiger partial charge in [-0.05, 0) is 39.0 Å². The van der Waals surface area contributed by atoms with Crippen LogP contribution in [0.4, 0.5) is 16.2 Å². The van der Waals surface area contributed by atoms with Gasteiger partial charge < -0.3 is 4.74 Å². The highest BCUT2D eigenvalue weighted by molar-refractivity contribution is 9.10. The molecule has 0 aliphatic carbocycles. The number of halogens is 1. The third kappa shape index (κ3) is 4.69. The molecule has 0 bridgehead atoms. The molecule has 0 spiro atoms. The molecule has 0 aliphatic heterocycles. The van der Waals surface area contributed by atoms with Crippen molar-refractivity contribution in [3.05, 3.63) is 22.7 Å². The lowest BCUT2D eigenvalue weighted by atomic mass is 10.2. The molecule has 1 aromatic rings. The summed E-state index contributed by atoms with van der Waals surface area (Å²) in [6.45, 7) is 5.29. The molecule has 0 unspecified atom stereocenters. The van der Waals surface area contributed by atoms with Crippen molar-refractivity contribution in [3.8, 4) is 0 Å². The Kier molecular flexibility index (Phi) is 4.64. The van der Waals surface area contributed by atoms with Crippen LogP contribution in [-0.2, 0) is 9.53 Å². The molecule has 6 heteroatoms. The Balaban J connectivity index is 2.92. The molecule has 1 rings (SSSR count). The van der Waals surface area contributed by atoms with Gasteiger partial charge in [0.05, 0.1) is 11.4 Å². The van der Waals surface area contributed by atoms with E-state index in [1.165, 1.54) is 6.08 Å². The van der Waals surface area contributed by atoms with Crippen LogP contribution in [0.15, 0.2) is 27.7 Å². The summed E-state index contributed by atoms with van der Waals surface area (Å²) < 4.78 is 5.86. The number of aliphatic imine (C=N–C) groups is 1. The largest absolute Gasteiger partial charge is 0.444 e. The van der Waals surface area contributed by atoms with Crippen LogP contribution in [0.3, 0.4) is 0 Å². The zero-order chi connectivity index (χ0) is 13.8. The average Bonchev–Trinajstić information content (AvgIpc) is 2.19. The van der Waals surface area contributed by atoms with Crippen LogP contribution in [0.5, 0.6) is 0 Å². The molecule has 0 aromatic heterocycles. The Morgan fingerprint density at radius 1 is 1.44 bits per heavy atom. The third-order valence-corrected chi connectivity index (χ3v) is 2.25. The highest BCUT2D eigenvalue weighted by Crippen LogP contribution is 2.28. The van der Waals surface area contributed by atoms with Crippen LogP contribution < -0.4 is 5.32 Å². The fourth-order valence-corrected chi connectivity index (χ4v) is 1.53. The fraction of sp³-hybridized carbons (Fsp3) is 0.333. The molecule has 0 heterocycles. The van der Waals surface area contributed by atoms with E-state index in [4.69, 9.17) is 4.74 Å². The zero-order valence-electron chi connectivity index (χ0n) is 10.3. The van der Waals surface area contributed by atoms with E-state index < -0.39 is 11.7 Å². The Hall–Kier alpha value is -1.65. The maximum Gasteiger partial charge on any atom is 0.412 e. The van der Waals surface area contributed by atoms with Crippen molar-refractivity contribution in [2.24, 2.45) is 4.99 Å². The van der Waals surface area contributed by atoms with E-state index in [0.29, 0.717) is 11.4 Å². The smallest absolute Gasteiger partial charge is 0.412 e. The minimum Gasteiger partial charge on any atom is -0.444 e. The molecule has 1 amide bonds. The Morgan fingerprint density at radius 3 is 2.67 bits per heavy atom. The zero-order valence-corrected chi connectivity index (χ0v) is 11.9. The third-order valence-electron chi connectivity index (χ3n) is 1.76. The Bertz CT molecular complexity index is 503. The number of ether oxygens (including phenoxy) is 1. The molecule has 96 valence electrons. The Labute approximate surface area is 113 Å². The van der Waals surface area contributed by atoms with Crippen molar-refractivity contribution < 1.29 is 14.3 Å². The predicted octanol–water partition coefficient (Wildman–Crippen LogP) is 3.76. The summed E-state index contributed by atoms with van der Waals surface area (Å²) >= 11 is 3.27. The first-order valence-electron chi connectivity index (χ1n) is 5.19. The van der Waals surface area contributed by atoms with Crippen LogP contribution >= 0.6 is 15.9 Å². The molecule has 18 heavy (non-hydrogen) atoms. The molecule has 0 saturated carbocycles. The van der Waals surface area contributed by atoms with Gasteiger partial charge in [-0.2, -0.15) is 4.99 Å². The van der Waals surface area contributed by atoms with Crippen molar-refractivity contribution in [2.75, 3.05) is 5.32 Å². The van der Waals surface area contributed by atoms with Crippen molar-refractivity contribution >= 4 is 39.5 Å². The van der Waals surface area contributed by atoms with E-state index in [-0.39, 0.29) is 0 Å². The number of benzene rings is 1. The lowest BCUT2D eigenvalue weighted by Gasteiger charge is -2.20. The van der Waals surface area contributed by atoms with Gasteiger partial charge in [-0.1, -0.05) is 15.9 Å². The van der Waals surface area contributed by atoms with E-state index in [0.717, 1.165) is 4.47 Å². The number of hydrogen-bond donors (Lipinski definition) is 1. The number of rotatable bonds is 2. The van der Waals surface area contributed by atoms with E-state index in [1.807, 2.05) is 0 Å². The number of hydrogen-bond acceptors (Lipinski definition) is 4. The van der Waals surface area contributed by atoms with Crippen molar-refractivity contribution in [2.45, 2.75) is 26.4 Å². The second kappa shape index (κ2) is 5.80. The predicted molar refractivity (Wildman–Crippen MR) is 71.8 cm³/mol. The highest BCUT2D eigenvalue weighted by atomic mass is 79.9. The minimum absolute atomic E-state index is 0.319. The van der Waals surface area contributed by atoms with Gasteiger partial charge in [0.1, 0.15) is 5.60 Å². The molecule has 0 aliphatic rings. The summed E-state index contributed by atoms with van der Waals surface area (Å²) in [6, 6.07) is 4.91. The van der Waals surface area contributed by atoms with Gasteiger partial charge in [0.2, 0.25) is 6.08 Å². The van der Waals surface area contributed by atoms with Gasteiger partial charge in [0, 0.05) is 4.47 Å².